The van der Waals surface area contributed by atoms with Gasteiger partial charge < -0.3 is 15.2 Å². The number of aryl methyl sites for hydroxylation is 1. The number of nitrogens with zero attached hydrogens (tertiary/aromatic N) is 4. The molecule has 0 fully saturated rings. The molecule has 2 N–H and O–H groups in total. The van der Waals surface area contributed by atoms with Gasteiger partial charge in [-0.2, -0.15) is 0 Å². The van der Waals surface area contributed by atoms with Crippen LogP contribution in [0.3, 0.4) is 0 Å². The Hall–Kier alpha value is -3.63. The van der Waals surface area contributed by atoms with Crippen molar-refractivity contribution >= 4 is 28.8 Å². The Labute approximate surface area is 197 Å². The molecular weight excluding hydrogens is 469 g/mol. The number of amides is 1. The van der Waals surface area contributed by atoms with Crippen molar-refractivity contribution in [3.8, 4) is 32.8 Å². The minimum atomic E-state index is -0.791. The number of carbonyl (C=O) groups is 1. The van der Waals surface area contributed by atoms with Crippen LogP contribution >= 0.6 is 22.9 Å². The summed E-state index contributed by atoms with van der Waals surface area (Å²) in [6.45, 7) is 1.86. The summed E-state index contributed by atoms with van der Waals surface area (Å²) in [5, 5.41) is 9.17. The lowest BCUT2D eigenvalue weighted by Crippen LogP contribution is -2.16. The van der Waals surface area contributed by atoms with E-state index < -0.39 is 11.7 Å². The molecule has 0 aliphatic heterocycles. The topological polar surface area (TPSA) is 113 Å². The lowest BCUT2D eigenvalue weighted by atomic mass is 9.96. The number of halogens is 2. The van der Waals surface area contributed by atoms with Gasteiger partial charge in [-0.15, -0.1) is 5.10 Å². The zero-order valence-corrected chi connectivity index (χ0v) is 19.1. The molecule has 33 heavy (non-hydrogen) atoms. The quantitative estimate of drug-likeness (QED) is 0.411. The van der Waals surface area contributed by atoms with Gasteiger partial charge in [0.25, 0.3) is 11.1 Å². The maximum Gasteiger partial charge on any atom is 0.294 e. The molecule has 168 valence electrons. The van der Waals surface area contributed by atoms with E-state index in [4.69, 9.17) is 26.8 Å². The number of hydrogen-bond donors (Lipinski definition) is 1. The van der Waals surface area contributed by atoms with Crippen LogP contribution in [-0.2, 0) is 6.61 Å². The number of carbonyl (C=O) groups excluding carboxylic acids is 1. The number of ether oxygens (including phenoxy) is 2. The van der Waals surface area contributed by atoms with E-state index >= 15 is 0 Å². The van der Waals surface area contributed by atoms with Crippen LogP contribution in [0.2, 0.25) is 5.02 Å². The maximum absolute atomic E-state index is 14.8. The highest BCUT2D eigenvalue weighted by molar-refractivity contribution is 7.16. The van der Waals surface area contributed by atoms with Crippen molar-refractivity contribution in [1.29, 1.82) is 0 Å². The predicted octanol–water partition coefficient (Wildman–Crippen LogP) is 4.45. The van der Waals surface area contributed by atoms with Gasteiger partial charge in [-0.3, -0.25) is 9.78 Å². The van der Waals surface area contributed by atoms with Gasteiger partial charge in [0.05, 0.1) is 29.0 Å². The predicted molar refractivity (Wildman–Crippen MR) is 122 cm³/mol. The van der Waals surface area contributed by atoms with Gasteiger partial charge in [-0.1, -0.05) is 34.1 Å². The fourth-order valence-electron chi connectivity index (χ4n) is 3.20. The van der Waals surface area contributed by atoms with Crippen molar-refractivity contribution in [3.63, 3.8) is 0 Å². The number of benzene rings is 1. The summed E-state index contributed by atoms with van der Waals surface area (Å²) in [6, 6.07) is 9.40. The number of hydrogen-bond acceptors (Lipinski definition) is 8. The fourth-order valence-corrected chi connectivity index (χ4v) is 4.00. The van der Waals surface area contributed by atoms with Gasteiger partial charge in [-0.05, 0) is 37.3 Å². The molecule has 0 spiro atoms. The van der Waals surface area contributed by atoms with Gasteiger partial charge in [-0.25, -0.2) is 9.37 Å². The second kappa shape index (κ2) is 9.47. The maximum atomic E-state index is 14.8. The summed E-state index contributed by atoms with van der Waals surface area (Å²) < 4.78 is 25.8. The van der Waals surface area contributed by atoms with E-state index in [1.165, 1.54) is 25.4 Å². The highest BCUT2D eigenvalue weighted by Gasteiger charge is 2.25. The van der Waals surface area contributed by atoms with Crippen LogP contribution in [-0.4, -0.2) is 33.2 Å². The smallest absolute Gasteiger partial charge is 0.294 e. The molecule has 0 bridgehead atoms. The fraction of sp³-hybridized carbons (Fsp3) is 0.136. The van der Waals surface area contributed by atoms with E-state index in [-0.39, 0.29) is 39.9 Å². The molecule has 0 saturated carbocycles. The summed E-state index contributed by atoms with van der Waals surface area (Å²) in [4.78, 5) is 21.1. The van der Waals surface area contributed by atoms with Crippen LogP contribution in [0.5, 0.6) is 10.9 Å². The van der Waals surface area contributed by atoms with E-state index in [9.17, 15) is 9.18 Å². The molecule has 0 atom stereocenters. The van der Waals surface area contributed by atoms with Crippen LogP contribution < -0.4 is 15.2 Å². The van der Waals surface area contributed by atoms with Crippen LogP contribution in [0.4, 0.5) is 4.39 Å². The first kappa shape index (κ1) is 22.6. The molecule has 8 nitrogen and oxygen atoms in total. The number of methoxy groups -OCH3 is 1. The third-order valence-electron chi connectivity index (χ3n) is 4.60. The van der Waals surface area contributed by atoms with E-state index in [1.54, 1.807) is 31.2 Å². The van der Waals surface area contributed by atoms with Gasteiger partial charge in [0.15, 0.2) is 5.01 Å². The van der Waals surface area contributed by atoms with Crippen molar-refractivity contribution < 1.29 is 18.7 Å². The zero-order chi connectivity index (χ0) is 23.5. The molecule has 0 aliphatic rings. The van der Waals surface area contributed by atoms with E-state index in [1.807, 2.05) is 0 Å². The third kappa shape index (κ3) is 4.76. The molecule has 1 aromatic carbocycles. The Morgan fingerprint density at radius 3 is 2.76 bits per heavy atom. The Morgan fingerprint density at radius 1 is 1.24 bits per heavy atom. The Bertz CT molecular complexity index is 1330. The standard InChI is InChI=1S/C22H17ClFN5O3S/c1-11-8-14(17-15(24)4-3-5-16(17)31-2)18(20(25)30)19(27-11)21-28-29-22(33-21)32-10-13-7-6-12(23)9-26-13/h3-9H,10H2,1-2H3,(H2,25,30). The highest BCUT2D eigenvalue weighted by Crippen LogP contribution is 2.39. The third-order valence-corrected chi connectivity index (χ3v) is 5.67. The molecule has 3 aromatic heterocycles. The monoisotopic (exact) mass is 485 g/mol. The minimum absolute atomic E-state index is 0.00562. The molecule has 0 saturated heterocycles. The van der Waals surface area contributed by atoms with Crippen molar-refractivity contribution in [2.75, 3.05) is 7.11 Å². The zero-order valence-electron chi connectivity index (χ0n) is 17.5. The summed E-state index contributed by atoms with van der Waals surface area (Å²) in [5.41, 5.74) is 7.42. The molecule has 11 heteroatoms. The Morgan fingerprint density at radius 2 is 2.06 bits per heavy atom. The Kier molecular flexibility index (Phi) is 6.47. The van der Waals surface area contributed by atoms with E-state index in [0.717, 1.165) is 11.3 Å². The molecular formula is C22H17ClFN5O3S. The van der Waals surface area contributed by atoms with Crippen molar-refractivity contribution in [1.82, 2.24) is 20.2 Å². The second-order valence-electron chi connectivity index (χ2n) is 6.85. The molecule has 4 aromatic rings. The SMILES string of the molecule is COc1cccc(F)c1-c1cc(C)nc(-c2nnc(OCc3ccc(Cl)cn3)s2)c1C(N)=O. The Balaban J connectivity index is 1.75. The molecule has 0 aliphatic carbocycles. The summed E-state index contributed by atoms with van der Waals surface area (Å²) in [6.07, 6.45) is 1.51. The largest absolute Gasteiger partial charge is 0.496 e. The van der Waals surface area contributed by atoms with E-state index in [0.29, 0.717) is 21.4 Å². The average molecular weight is 486 g/mol. The summed E-state index contributed by atoms with van der Waals surface area (Å²) in [5.74, 6) is -1.10. The first-order chi connectivity index (χ1) is 15.9. The highest BCUT2D eigenvalue weighted by atomic mass is 35.5. The number of pyridine rings is 2. The van der Waals surface area contributed by atoms with Gasteiger partial charge in [0.1, 0.15) is 23.9 Å². The van der Waals surface area contributed by atoms with Gasteiger partial charge in [0.2, 0.25) is 0 Å². The van der Waals surface area contributed by atoms with Crippen molar-refractivity contribution in [2.45, 2.75) is 13.5 Å². The van der Waals surface area contributed by atoms with Crippen LogP contribution in [0.15, 0.2) is 42.6 Å². The number of aromatic nitrogens is 4. The molecule has 0 radical (unpaired) electrons. The molecule has 0 unspecified atom stereocenters. The summed E-state index contributed by atoms with van der Waals surface area (Å²) >= 11 is 6.91. The van der Waals surface area contributed by atoms with Crippen molar-refractivity contribution in [2.24, 2.45) is 5.73 Å². The minimum Gasteiger partial charge on any atom is -0.496 e. The number of primary amides is 1. The molecule has 1 amide bonds. The lowest BCUT2D eigenvalue weighted by molar-refractivity contribution is 0.100. The van der Waals surface area contributed by atoms with Gasteiger partial charge in [0, 0.05) is 17.5 Å². The first-order valence-corrected chi connectivity index (χ1v) is 10.8. The van der Waals surface area contributed by atoms with Crippen LogP contribution in [0.1, 0.15) is 21.7 Å². The van der Waals surface area contributed by atoms with Crippen LogP contribution in [0, 0.1) is 12.7 Å². The van der Waals surface area contributed by atoms with Crippen molar-refractivity contribution in [3.05, 3.63) is 70.4 Å². The number of rotatable bonds is 7. The lowest BCUT2D eigenvalue weighted by Gasteiger charge is -2.15. The normalized spacial score (nSPS) is 10.8. The van der Waals surface area contributed by atoms with E-state index in [2.05, 4.69) is 20.2 Å². The molecule has 3 heterocycles. The summed E-state index contributed by atoms with van der Waals surface area (Å²) in [7, 11) is 1.42. The second-order valence-corrected chi connectivity index (χ2v) is 8.22. The molecule has 4 rings (SSSR count). The first-order valence-electron chi connectivity index (χ1n) is 9.58. The number of nitrogens with two attached hydrogens (primary N) is 1. The van der Waals surface area contributed by atoms with Gasteiger partial charge >= 0.3 is 0 Å². The van der Waals surface area contributed by atoms with Crippen LogP contribution in [0.25, 0.3) is 21.8 Å². The average Bonchev–Trinajstić information content (AvgIpc) is 3.26.